The van der Waals surface area contributed by atoms with Crippen molar-refractivity contribution in [2.24, 2.45) is 4.58 Å². The Bertz CT molecular complexity index is 771. The van der Waals surface area contributed by atoms with Crippen LogP contribution in [0.5, 0.6) is 0 Å². The third-order valence-corrected chi connectivity index (χ3v) is 7.02. The van der Waals surface area contributed by atoms with Gasteiger partial charge in [0.05, 0.1) is 16.2 Å². The average molecular weight is 456 g/mol. The molecular weight excluding hydrogens is 433 g/mol. The molecule has 1 aliphatic rings. The van der Waals surface area contributed by atoms with Crippen molar-refractivity contribution in [3.05, 3.63) is 35.0 Å². The molecule has 1 unspecified atom stereocenters. The molecule has 1 aromatic carbocycles. The highest BCUT2D eigenvalue weighted by molar-refractivity contribution is 7.99. The Morgan fingerprint density at radius 2 is 1.93 bits per heavy atom. The predicted octanol–water partition coefficient (Wildman–Crippen LogP) is 2.34. The van der Waals surface area contributed by atoms with Gasteiger partial charge in [-0.2, -0.15) is 4.72 Å². The Morgan fingerprint density at radius 1 is 1.36 bits per heavy atom. The van der Waals surface area contributed by atoms with Gasteiger partial charge in [-0.25, -0.2) is 12.8 Å². The van der Waals surface area contributed by atoms with Crippen molar-refractivity contribution < 1.29 is 22.3 Å². The molecule has 8 nitrogen and oxygen atoms in total. The van der Waals surface area contributed by atoms with Crippen LogP contribution in [-0.4, -0.2) is 56.8 Å². The predicted molar refractivity (Wildman–Crippen MR) is 107 cm³/mol. The van der Waals surface area contributed by atoms with Crippen molar-refractivity contribution in [1.82, 2.24) is 9.62 Å². The van der Waals surface area contributed by atoms with Gasteiger partial charge in [-0.1, -0.05) is 0 Å². The summed E-state index contributed by atoms with van der Waals surface area (Å²) >= 11 is 0.657. The van der Waals surface area contributed by atoms with E-state index >= 15 is 0 Å². The number of likely N-dealkylation sites (tertiary alicyclic amines) is 1. The minimum atomic E-state index is -4.15. The lowest BCUT2D eigenvalue weighted by Crippen LogP contribution is -2.59. The van der Waals surface area contributed by atoms with Crippen LogP contribution in [0.3, 0.4) is 0 Å². The maximum Gasteiger partial charge on any atom is 0.325 e. The highest BCUT2D eigenvalue weighted by Crippen LogP contribution is 2.40. The smallest absolute Gasteiger partial charge is 0.325 e. The van der Waals surface area contributed by atoms with Crippen molar-refractivity contribution in [2.45, 2.75) is 35.4 Å². The van der Waals surface area contributed by atoms with Gasteiger partial charge in [0.2, 0.25) is 10.0 Å². The molecule has 0 amide bonds. The largest absolute Gasteiger partial charge is 0.465 e. The number of esters is 1. The summed E-state index contributed by atoms with van der Waals surface area (Å²) < 4.78 is 47.9. The Labute approximate surface area is 174 Å². The molecule has 1 aromatic rings. The van der Waals surface area contributed by atoms with Crippen LogP contribution in [-0.2, 0) is 19.6 Å². The molecule has 1 atom stereocenters. The molecule has 0 saturated carbocycles. The normalized spacial score (nSPS) is 18.0. The van der Waals surface area contributed by atoms with Crippen molar-refractivity contribution in [2.75, 3.05) is 26.7 Å². The third kappa shape index (κ3) is 5.86. The molecule has 28 heavy (non-hydrogen) atoms. The zero-order chi connectivity index (χ0) is 20.1. The minimum Gasteiger partial charge on any atom is -0.465 e. The molecule has 158 valence electrons. The van der Waals surface area contributed by atoms with Crippen molar-refractivity contribution in [3.63, 3.8) is 0 Å². The van der Waals surface area contributed by atoms with Crippen LogP contribution in [0.25, 0.3) is 0 Å². The van der Waals surface area contributed by atoms with Crippen molar-refractivity contribution in [3.8, 4) is 0 Å². The quantitative estimate of drug-likeness (QED) is 0.364. The van der Waals surface area contributed by atoms with E-state index in [-0.39, 0.29) is 23.9 Å². The van der Waals surface area contributed by atoms with Gasteiger partial charge in [0.1, 0.15) is 11.9 Å². The fraction of sp³-hybridized carbons (Fsp3) is 0.562. The lowest BCUT2D eigenvalue weighted by molar-refractivity contribution is -0.146. The van der Waals surface area contributed by atoms with Crippen LogP contribution in [0.4, 0.5) is 4.39 Å². The van der Waals surface area contributed by atoms with Gasteiger partial charge in [0, 0.05) is 16.5 Å². The van der Waals surface area contributed by atoms with Crippen LogP contribution >= 0.6 is 24.4 Å². The van der Waals surface area contributed by atoms with Gasteiger partial charge < -0.3 is 9.64 Å². The number of nitroso groups, excluding NO2 is 1. The number of nitrogens with zero attached hydrogens (tertiary/aromatic N) is 2. The third-order valence-electron chi connectivity index (χ3n) is 4.50. The summed E-state index contributed by atoms with van der Waals surface area (Å²) in [4.78, 5) is 25.5. The number of ether oxygens (including phenoxy) is 1. The number of nitrogens with one attached hydrogen (secondary N) is 1. The Balaban J connectivity index is 0.00000392. The first-order valence-corrected chi connectivity index (χ1v) is 10.6. The molecule has 0 bridgehead atoms. The molecule has 0 aliphatic carbocycles. The minimum absolute atomic E-state index is 0. The van der Waals surface area contributed by atoms with Crippen LogP contribution in [0.1, 0.15) is 19.8 Å². The highest BCUT2D eigenvalue weighted by Gasteiger charge is 2.49. The number of halogens is 2. The van der Waals surface area contributed by atoms with Gasteiger partial charge in [-0.05, 0) is 64.2 Å². The summed E-state index contributed by atoms with van der Waals surface area (Å²) in [7, 11) is -2.25. The molecule has 1 aliphatic heterocycles. The first-order valence-electron chi connectivity index (χ1n) is 8.38. The second kappa shape index (κ2) is 10.5. The van der Waals surface area contributed by atoms with Gasteiger partial charge in [-0.3, -0.25) is 4.79 Å². The van der Waals surface area contributed by atoms with E-state index < -0.39 is 32.6 Å². The van der Waals surface area contributed by atoms with E-state index in [0.717, 1.165) is 24.3 Å². The first-order chi connectivity index (χ1) is 12.7. The lowest BCUT2D eigenvalue weighted by atomic mass is 9.88. The van der Waals surface area contributed by atoms with E-state index in [2.05, 4.69) is 9.30 Å². The number of benzene rings is 1. The van der Waals surface area contributed by atoms with Gasteiger partial charge in [-0.15, -0.1) is 17.3 Å². The molecular formula is C16H23ClFN3O5S2. The fourth-order valence-electron chi connectivity index (χ4n) is 2.94. The number of carbonyl (C=O) groups is 1. The number of sulfonamides is 1. The maximum atomic E-state index is 13.1. The molecule has 0 spiro atoms. The zero-order valence-electron chi connectivity index (χ0n) is 15.5. The lowest BCUT2D eigenvalue weighted by Gasteiger charge is -2.41. The maximum absolute atomic E-state index is 13.1. The first kappa shape index (κ1) is 24.8. The summed E-state index contributed by atoms with van der Waals surface area (Å²) in [6, 6.07) is 2.93. The average Bonchev–Trinajstić information content (AvgIpc) is 2.63. The van der Waals surface area contributed by atoms with Crippen LogP contribution in [0.2, 0.25) is 0 Å². The van der Waals surface area contributed by atoms with Crippen molar-refractivity contribution >= 4 is 40.3 Å². The van der Waals surface area contributed by atoms with E-state index in [0.29, 0.717) is 37.9 Å². The number of piperidine rings is 1. The molecule has 12 heteroatoms. The Morgan fingerprint density at radius 3 is 2.43 bits per heavy atom. The summed E-state index contributed by atoms with van der Waals surface area (Å²) in [6.07, 6.45) is 0.741. The number of hydrogen-bond acceptors (Lipinski definition) is 8. The summed E-state index contributed by atoms with van der Waals surface area (Å²) in [5.74, 6) is -1.35. The molecule has 1 heterocycles. The van der Waals surface area contributed by atoms with E-state index in [1.165, 1.54) is 0 Å². The second-order valence-electron chi connectivity index (χ2n) is 6.29. The summed E-state index contributed by atoms with van der Waals surface area (Å²) in [6.45, 7) is 2.80. The molecule has 1 fully saturated rings. The number of rotatable bonds is 8. The van der Waals surface area contributed by atoms with Crippen molar-refractivity contribution in [1.29, 1.82) is 0 Å². The molecule has 0 radical (unpaired) electrons. The standard InChI is InChI=1S/C16H22FN3O5S2.ClH/c1-3-25-15(21)14(16(26-19-22)8-10-20(2)11-9-16)18-27(23,24)13-6-4-12(17)5-7-13;/h4-7,14,18H,3,8-11H2,1-2H3;1H. The topological polar surface area (TPSA) is 105 Å². The Hall–Kier alpha value is -1.27. The van der Waals surface area contributed by atoms with E-state index in [4.69, 9.17) is 4.74 Å². The van der Waals surface area contributed by atoms with E-state index in [1.807, 2.05) is 11.9 Å². The van der Waals surface area contributed by atoms with E-state index in [1.54, 1.807) is 6.92 Å². The van der Waals surface area contributed by atoms with Gasteiger partial charge >= 0.3 is 5.97 Å². The number of carbonyl (C=O) groups excluding carboxylic acids is 1. The fourth-order valence-corrected chi connectivity index (χ4v) is 5.05. The van der Waals surface area contributed by atoms with Crippen LogP contribution in [0.15, 0.2) is 33.7 Å². The zero-order valence-corrected chi connectivity index (χ0v) is 17.9. The van der Waals surface area contributed by atoms with Crippen LogP contribution < -0.4 is 4.72 Å². The molecule has 0 aromatic heterocycles. The molecule has 1 saturated heterocycles. The Kier molecular flexibility index (Phi) is 9.28. The monoisotopic (exact) mass is 455 g/mol. The van der Waals surface area contributed by atoms with Gasteiger partial charge in [0.25, 0.3) is 0 Å². The van der Waals surface area contributed by atoms with Crippen LogP contribution in [0, 0.1) is 10.7 Å². The summed E-state index contributed by atoms with van der Waals surface area (Å²) in [5.41, 5.74) is 0. The van der Waals surface area contributed by atoms with E-state index in [9.17, 15) is 22.5 Å². The molecule has 2 rings (SSSR count). The molecule has 1 N–H and O–H groups in total. The summed E-state index contributed by atoms with van der Waals surface area (Å²) in [5, 5.41) is 0. The van der Waals surface area contributed by atoms with Gasteiger partial charge in [0.15, 0.2) is 0 Å². The highest BCUT2D eigenvalue weighted by atomic mass is 35.5. The number of hydrogen-bond donors (Lipinski definition) is 1. The SMILES string of the molecule is CCOC(=O)C(NS(=O)(=O)c1ccc(F)cc1)C1(SN=O)CCN(C)CC1.Cl. The second-order valence-corrected chi connectivity index (χ2v) is 9.15.